The summed E-state index contributed by atoms with van der Waals surface area (Å²) in [5.41, 5.74) is 1.78. The molecule has 4 heterocycles. The second kappa shape index (κ2) is 4.94. The lowest BCUT2D eigenvalue weighted by atomic mass is 10.2. The average Bonchev–Trinajstić information content (AvgIpc) is 3.11. The third kappa shape index (κ3) is 1.97. The van der Waals surface area contributed by atoms with Gasteiger partial charge in [0.05, 0.1) is 18.3 Å². The second-order valence-electron chi connectivity index (χ2n) is 5.49. The molecule has 7 heteroatoms. The van der Waals surface area contributed by atoms with E-state index in [1.807, 2.05) is 16.9 Å². The monoisotopic (exact) mass is 296 g/mol. The van der Waals surface area contributed by atoms with E-state index in [-0.39, 0.29) is 6.04 Å². The van der Waals surface area contributed by atoms with Crippen LogP contribution in [0.25, 0.3) is 22.9 Å². The number of pyridine rings is 1. The van der Waals surface area contributed by atoms with Crippen LogP contribution in [-0.2, 0) is 6.54 Å². The van der Waals surface area contributed by atoms with E-state index in [4.69, 9.17) is 9.72 Å². The Morgan fingerprint density at radius 2 is 2.18 bits per heavy atom. The Labute approximate surface area is 127 Å². The minimum atomic E-state index is 0.235. The summed E-state index contributed by atoms with van der Waals surface area (Å²) in [6.07, 6.45) is 7.07. The van der Waals surface area contributed by atoms with Crippen LogP contribution >= 0.6 is 0 Å². The van der Waals surface area contributed by atoms with Crippen molar-refractivity contribution >= 4 is 0 Å². The van der Waals surface area contributed by atoms with E-state index in [0.29, 0.717) is 6.61 Å². The van der Waals surface area contributed by atoms with Crippen molar-refractivity contribution in [3.63, 3.8) is 0 Å². The van der Waals surface area contributed by atoms with Gasteiger partial charge in [-0.2, -0.15) is 5.10 Å². The minimum Gasteiger partial charge on any atom is -0.489 e. The largest absolute Gasteiger partial charge is 0.489 e. The highest BCUT2D eigenvalue weighted by molar-refractivity contribution is 5.67. The summed E-state index contributed by atoms with van der Waals surface area (Å²) in [6.45, 7) is 5.49. The molecule has 0 N–H and O–H groups in total. The fraction of sp³-hybridized carbons (Fsp3) is 0.333. The molecule has 4 rings (SSSR count). The predicted octanol–water partition coefficient (Wildman–Crippen LogP) is 2.18. The fourth-order valence-electron chi connectivity index (χ4n) is 2.65. The molecule has 22 heavy (non-hydrogen) atoms. The second-order valence-corrected chi connectivity index (χ2v) is 5.49. The molecule has 0 atom stereocenters. The number of hydrogen-bond acceptors (Lipinski definition) is 5. The third-order valence-corrected chi connectivity index (χ3v) is 3.68. The molecule has 1 aliphatic heterocycles. The molecule has 0 saturated heterocycles. The molecule has 0 unspecified atom stereocenters. The van der Waals surface area contributed by atoms with Crippen molar-refractivity contribution in [3.05, 3.63) is 31.0 Å². The van der Waals surface area contributed by atoms with Gasteiger partial charge in [0.25, 0.3) is 0 Å². The molecule has 0 spiro atoms. The van der Waals surface area contributed by atoms with E-state index in [0.717, 1.165) is 35.2 Å². The molecular formula is C15H16N6O. The Kier molecular flexibility index (Phi) is 2.92. The molecule has 0 radical (unpaired) electrons. The quantitative estimate of drug-likeness (QED) is 0.725. The molecule has 7 nitrogen and oxygen atoms in total. The molecule has 0 saturated carbocycles. The fourth-order valence-corrected chi connectivity index (χ4v) is 2.65. The van der Waals surface area contributed by atoms with Gasteiger partial charge in [-0.05, 0) is 19.9 Å². The smallest absolute Gasteiger partial charge is 0.178 e. The zero-order valence-electron chi connectivity index (χ0n) is 12.5. The lowest BCUT2D eigenvalue weighted by Gasteiger charge is -2.07. The van der Waals surface area contributed by atoms with Gasteiger partial charge in [0, 0.05) is 18.4 Å². The predicted molar refractivity (Wildman–Crippen MR) is 80.4 cm³/mol. The first kappa shape index (κ1) is 13.0. The van der Waals surface area contributed by atoms with E-state index in [1.54, 1.807) is 18.7 Å². The number of rotatable bonds is 2. The number of hydrogen-bond donors (Lipinski definition) is 0. The highest BCUT2D eigenvalue weighted by Gasteiger charge is 2.21. The molecule has 0 fully saturated rings. The first-order valence-electron chi connectivity index (χ1n) is 7.28. The zero-order chi connectivity index (χ0) is 15.1. The summed E-state index contributed by atoms with van der Waals surface area (Å²) in [7, 11) is 0. The Bertz CT molecular complexity index is 819. The Hall–Kier alpha value is -2.70. The molecule has 1 aliphatic rings. The van der Waals surface area contributed by atoms with Crippen LogP contribution in [0.15, 0.2) is 31.0 Å². The standard InChI is InChI=1S/C15H16N6O/c1-10(2)21-15(17-9-18-21)12-8-20-5-6-22-13-7-16-4-3-11(13)14(20)19-12/h3-4,7-10H,5-6H2,1-2H3. The summed E-state index contributed by atoms with van der Waals surface area (Å²) < 4.78 is 9.70. The van der Waals surface area contributed by atoms with Crippen molar-refractivity contribution in [2.45, 2.75) is 26.4 Å². The van der Waals surface area contributed by atoms with Gasteiger partial charge in [-0.25, -0.2) is 14.6 Å². The Morgan fingerprint density at radius 1 is 1.27 bits per heavy atom. The SMILES string of the molecule is CC(C)n1ncnc1-c1cn2c(n1)-c1ccncc1OCC2. The molecule has 0 aromatic carbocycles. The topological polar surface area (TPSA) is 70.7 Å². The van der Waals surface area contributed by atoms with Gasteiger partial charge in [-0.1, -0.05) is 0 Å². The normalized spacial score (nSPS) is 13.4. The van der Waals surface area contributed by atoms with Crippen LogP contribution in [0.3, 0.4) is 0 Å². The summed E-state index contributed by atoms with van der Waals surface area (Å²) in [6, 6.07) is 2.16. The lowest BCUT2D eigenvalue weighted by Crippen LogP contribution is -2.06. The van der Waals surface area contributed by atoms with Crippen LogP contribution in [0.5, 0.6) is 5.75 Å². The first-order valence-corrected chi connectivity index (χ1v) is 7.28. The van der Waals surface area contributed by atoms with E-state index in [1.165, 1.54) is 0 Å². The third-order valence-electron chi connectivity index (χ3n) is 3.68. The zero-order valence-corrected chi connectivity index (χ0v) is 12.5. The Morgan fingerprint density at radius 3 is 3.05 bits per heavy atom. The van der Waals surface area contributed by atoms with Crippen LogP contribution in [0.1, 0.15) is 19.9 Å². The first-order chi connectivity index (χ1) is 10.7. The summed E-state index contributed by atoms with van der Waals surface area (Å²) in [4.78, 5) is 13.3. The van der Waals surface area contributed by atoms with Crippen LogP contribution in [0.4, 0.5) is 0 Å². The van der Waals surface area contributed by atoms with Crippen molar-refractivity contribution in [2.75, 3.05) is 6.61 Å². The highest BCUT2D eigenvalue weighted by Crippen LogP contribution is 2.32. The molecule has 0 bridgehead atoms. The number of ether oxygens (including phenoxy) is 1. The maximum atomic E-state index is 5.73. The van der Waals surface area contributed by atoms with Gasteiger partial charge in [0.1, 0.15) is 30.2 Å². The van der Waals surface area contributed by atoms with E-state index in [9.17, 15) is 0 Å². The van der Waals surface area contributed by atoms with Crippen LogP contribution in [0.2, 0.25) is 0 Å². The van der Waals surface area contributed by atoms with Gasteiger partial charge in [0.2, 0.25) is 0 Å². The number of aromatic nitrogens is 6. The van der Waals surface area contributed by atoms with Crippen LogP contribution in [-0.4, -0.2) is 35.9 Å². The van der Waals surface area contributed by atoms with E-state index >= 15 is 0 Å². The molecule has 0 aliphatic carbocycles. The van der Waals surface area contributed by atoms with Crippen molar-refractivity contribution in [1.29, 1.82) is 0 Å². The molecule has 112 valence electrons. The van der Waals surface area contributed by atoms with Crippen molar-refractivity contribution in [3.8, 4) is 28.7 Å². The van der Waals surface area contributed by atoms with E-state index < -0.39 is 0 Å². The average molecular weight is 296 g/mol. The van der Waals surface area contributed by atoms with Gasteiger partial charge in [-0.15, -0.1) is 0 Å². The number of nitrogens with zero attached hydrogens (tertiary/aromatic N) is 6. The molecular weight excluding hydrogens is 280 g/mol. The lowest BCUT2D eigenvalue weighted by molar-refractivity contribution is 0.305. The highest BCUT2D eigenvalue weighted by atomic mass is 16.5. The van der Waals surface area contributed by atoms with Crippen LogP contribution in [0, 0.1) is 0 Å². The minimum absolute atomic E-state index is 0.235. The summed E-state index contributed by atoms with van der Waals surface area (Å²) in [5.74, 6) is 2.43. The molecule has 3 aromatic rings. The summed E-state index contributed by atoms with van der Waals surface area (Å²) >= 11 is 0. The van der Waals surface area contributed by atoms with Crippen molar-refractivity contribution in [2.24, 2.45) is 0 Å². The van der Waals surface area contributed by atoms with E-state index in [2.05, 4.69) is 33.5 Å². The van der Waals surface area contributed by atoms with Crippen molar-refractivity contribution in [1.82, 2.24) is 29.3 Å². The maximum absolute atomic E-state index is 5.73. The van der Waals surface area contributed by atoms with Gasteiger partial charge in [0.15, 0.2) is 5.82 Å². The van der Waals surface area contributed by atoms with Gasteiger partial charge < -0.3 is 9.30 Å². The summed E-state index contributed by atoms with van der Waals surface area (Å²) in [5, 5.41) is 4.28. The van der Waals surface area contributed by atoms with Gasteiger partial charge in [-0.3, -0.25) is 4.98 Å². The number of fused-ring (bicyclic) bond motifs is 3. The Balaban J connectivity index is 1.86. The maximum Gasteiger partial charge on any atom is 0.178 e. The number of imidazole rings is 1. The van der Waals surface area contributed by atoms with Crippen LogP contribution < -0.4 is 4.74 Å². The van der Waals surface area contributed by atoms with Crippen molar-refractivity contribution < 1.29 is 4.74 Å². The molecule has 0 amide bonds. The van der Waals surface area contributed by atoms with Gasteiger partial charge >= 0.3 is 0 Å². The molecule has 3 aromatic heterocycles.